The van der Waals surface area contributed by atoms with Crippen molar-refractivity contribution in [1.82, 2.24) is 0 Å². The number of hydrogen-bond acceptors (Lipinski definition) is 5. The topological polar surface area (TPSA) is 54.0 Å². The lowest BCUT2D eigenvalue weighted by Crippen LogP contribution is -2.12. The fourth-order valence-corrected chi connectivity index (χ4v) is 4.67. The van der Waals surface area contributed by atoms with Gasteiger partial charge in [0, 0.05) is 5.92 Å². The summed E-state index contributed by atoms with van der Waals surface area (Å²) in [6.45, 7) is 8.63. The molecule has 2 atom stereocenters. The van der Waals surface area contributed by atoms with E-state index in [4.69, 9.17) is 18.3 Å². The van der Waals surface area contributed by atoms with E-state index in [9.17, 15) is 4.57 Å². The van der Waals surface area contributed by atoms with Gasteiger partial charge in [-0.1, -0.05) is 101 Å². The Morgan fingerprint density at radius 3 is 2.18 bits per heavy atom. The van der Waals surface area contributed by atoms with E-state index < -0.39 is 7.82 Å². The minimum Gasteiger partial charge on any atom is -0.466 e. The summed E-state index contributed by atoms with van der Waals surface area (Å²) in [5.41, 5.74) is 3.06. The molecule has 1 aliphatic rings. The first-order valence-electron chi connectivity index (χ1n) is 11.5. The second-order valence-corrected chi connectivity index (χ2v) is 10.4. The molecule has 2 aromatic rings. The molecule has 0 fully saturated rings. The van der Waals surface area contributed by atoms with Gasteiger partial charge in [-0.15, -0.1) is 0 Å². The normalized spacial score (nSPS) is 17.5. The predicted octanol–water partition coefficient (Wildman–Crippen LogP) is 7.76. The van der Waals surface area contributed by atoms with E-state index in [2.05, 4.69) is 45.9 Å². The molecular weight excluding hydrogens is 435 g/mol. The van der Waals surface area contributed by atoms with E-state index in [1.54, 1.807) is 0 Å². The quantitative estimate of drug-likeness (QED) is 0.234. The Morgan fingerprint density at radius 1 is 0.879 bits per heavy atom. The van der Waals surface area contributed by atoms with Gasteiger partial charge in [-0.05, 0) is 34.9 Å². The molecule has 0 aromatic heterocycles. The number of rotatable bonds is 12. The van der Waals surface area contributed by atoms with Crippen molar-refractivity contribution in [2.45, 2.75) is 52.6 Å². The van der Waals surface area contributed by atoms with Crippen LogP contribution < -0.4 is 4.74 Å². The number of phosphoric ester groups is 1. The van der Waals surface area contributed by atoms with Crippen LogP contribution in [0.2, 0.25) is 0 Å². The van der Waals surface area contributed by atoms with Crippen molar-refractivity contribution in [1.29, 1.82) is 0 Å². The van der Waals surface area contributed by atoms with Crippen molar-refractivity contribution in [2.75, 3.05) is 13.4 Å². The molecule has 0 bridgehead atoms. The minimum atomic E-state index is -3.85. The Hall–Kier alpha value is -2.17. The van der Waals surface area contributed by atoms with E-state index in [1.807, 2.05) is 54.6 Å². The molecule has 1 aliphatic carbocycles. The van der Waals surface area contributed by atoms with E-state index in [0.29, 0.717) is 0 Å². The SMILES string of the molecule is CC(C)c1cccc(C(C)C)c1OCOP(=O)(OCc1ccccc1)OCC1C=CC=CC1. The molecule has 0 saturated carbocycles. The van der Waals surface area contributed by atoms with Gasteiger partial charge in [-0.2, -0.15) is 0 Å². The van der Waals surface area contributed by atoms with Crippen LogP contribution in [0.5, 0.6) is 5.75 Å². The molecule has 0 saturated heterocycles. The third-order valence-electron chi connectivity index (χ3n) is 5.48. The van der Waals surface area contributed by atoms with Crippen LogP contribution in [0.3, 0.4) is 0 Å². The molecule has 0 radical (unpaired) electrons. The highest BCUT2D eigenvalue weighted by molar-refractivity contribution is 7.48. The smallest absolute Gasteiger partial charge is 0.466 e. The number of benzene rings is 2. The van der Waals surface area contributed by atoms with Crippen molar-refractivity contribution in [2.24, 2.45) is 5.92 Å². The van der Waals surface area contributed by atoms with Crippen LogP contribution in [0.15, 0.2) is 72.8 Å². The maximum atomic E-state index is 13.5. The Balaban J connectivity index is 1.69. The van der Waals surface area contributed by atoms with Gasteiger partial charge >= 0.3 is 7.82 Å². The lowest BCUT2D eigenvalue weighted by molar-refractivity contribution is 0.0427. The van der Waals surface area contributed by atoms with Gasteiger partial charge in [0.05, 0.1) is 13.2 Å². The molecule has 5 nitrogen and oxygen atoms in total. The van der Waals surface area contributed by atoms with Gasteiger partial charge in [0.15, 0.2) is 6.79 Å². The molecule has 0 spiro atoms. The first kappa shape index (κ1) is 25.5. The molecule has 3 rings (SSSR count). The molecule has 0 aliphatic heterocycles. The summed E-state index contributed by atoms with van der Waals surface area (Å²) in [6, 6.07) is 15.7. The minimum absolute atomic E-state index is 0.123. The van der Waals surface area contributed by atoms with Crippen molar-refractivity contribution < 1.29 is 22.9 Å². The molecule has 0 heterocycles. The van der Waals surface area contributed by atoms with E-state index in [-0.39, 0.29) is 37.8 Å². The molecule has 33 heavy (non-hydrogen) atoms. The number of allylic oxidation sites excluding steroid dienone is 3. The van der Waals surface area contributed by atoms with Crippen LogP contribution in [0.4, 0.5) is 0 Å². The summed E-state index contributed by atoms with van der Waals surface area (Å²) in [5, 5.41) is 0. The monoisotopic (exact) mass is 470 g/mol. The Kier molecular flexibility index (Phi) is 9.52. The van der Waals surface area contributed by atoms with Crippen LogP contribution in [-0.2, 0) is 24.7 Å². The lowest BCUT2D eigenvalue weighted by Gasteiger charge is -2.23. The summed E-state index contributed by atoms with van der Waals surface area (Å²) in [7, 11) is -3.85. The van der Waals surface area contributed by atoms with Gasteiger partial charge in [0.25, 0.3) is 0 Å². The lowest BCUT2D eigenvalue weighted by atomic mass is 9.94. The van der Waals surface area contributed by atoms with E-state index in [0.717, 1.165) is 28.9 Å². The molecule has 2 unspecified atom stereocenters. The third kappa shape index (κ3) is 7.68. The largest absolute Gasteiger partial charge is 0.478 e. The maximum Gasteiger partial charge on any atom is 0.478 e. The van der Waals surface area contributed by atoms with Gasteiger partial charge < -0.3 is 4.74 Å². The summed E-state index contributed by atoms with van der Waals surface area (Å²) in [5.74, 6) is 1.46. The fourth-order valence-electron chi connectivity index (χ4n) is 3.58. The molecule has 2 aromatic carbocycles. The number of phosphoric acid groups is 1. The van der Waals surface area contributed by atoms with Gasteiger partial charge in [-0.25, -0.2) is 9.09 Å². The van der Waals surface area contributed by atoms with Crippen molar-refractivity contribution in [3.05, 3.63) is 89.5 Å². The highest BCUT2D eigenvalue weighted by atomic mass is 31.2. The van der Waals surface area contributed by atoms with Crippen molar-refractivity contribution >= 4 is 7.82 Å². The van der Waals surface area contributed by atoms with Crippen molar-refractivity contribution in [3.8, 4) is 5.75 Å². The van der Waals surface area contributed by atoms with Crippen LogP contribution in [-0.4, -0.2) is 13.4 Å². The van der Waals surface area contributed by atoms with Crippen LogP contribution in [0, 0.1) is 5.92 Å². The summed E-state index contributed by atoms with van der Waals surface area (Å²) >= 11 is 0. The van der Waals surface area contributed by atoms with Gasteiger partial charge in [0.1, 0.15) is 5.75 Å². The average molecular weight is 471 g/mol. The molecule has 178 valence electrons. The summed E-state index contributed by atoms with van der Waals surface area (Å²) < 4.78 is 36.6. The molecular formula is C27H35O5P. The zero-order chi connectivity index (χ0) is 23.7. The Labute approximate surface area is 198 Å². The number of para-hydroxylation sites is 1. The highest BCUT2D eigenvalue weighted by Crippen LogP contribution is 2.51. The van der Waals surface area contributed by atoms with Crippen molar-refractivity contribution in [3.63, 3.8) is 0 Å². The van der Waals surface area contributed by atoms with E-state index in [1.165, 1.54) is 0 Å². The standard InChI is InChI=1S/C27H35O5P/c1-21(2)25-16-11-17-26(22(3)4)27(25)29-20-32-33(28,30-18-23-12-7-5-8-13-23)31-19-24-14-9-6-10-15-24/h5-14,16-17,21-22,24H,15,18-20H2,1-4H3. The first-order valence-corrected chi connectivity index (χ1v) is 13.0. The molecule has 6 heteroatoms. The Bertz CT molecular complexity index is 955. The van der Waals surface area contributed by atoms with Crippen LogP contribution >= 0.6 is 7.82 Å². The molecule has 0 amide bonds. The number of ether oxygens (including phenoxy) is 1. The zero-order valence-corrected chi connectivity index (χ0v) is 20.9. The van der Waals surface area contributed by atoms with Gasteiger partial charge in [0.2, 0.25) is 0 Å². The van der Waals surface area contributed by atoms with E-state index >= 15 is 0 Å². The maximum absolute atomic E-state index is 13.5. The third-order valence-corrected chi connectivity index (χ3v) is 6.81. The second-order valence-electron chi connectivity index (χ2n) is 8.78. The first-order chi connectivity index (χ1) is 15.9. The zero-order valence-electron chi connectivity index (χ0n) is 20.0. The average Bonchev–Trinajstić information content (AvgIpc) is 2.83. The fraction of sp³-hybridized carbons (Fsp3) is 0.407. The number of hydrogen-bond donors (Lipinski definition) is 0. The summed E-state index contributed by atoms with van der Waals surface area (Å²) in [6.07, 6.45) is 8.87. The second kappa shape index (κ2) is 12.3. The predicted molar refractivity (Wildman–Crippen MR) is 132 cm³/mol. The Morgan fingerprint density at radius 2 is 1.58 bits per heavy atom. The van der Waals surface area contributed by atoms with Crippen LogP contribution in [0.25, 0.3) is 0 Å². The highest BCUT2D eigenvalue weighted by Gasteiger charge is 2.29. The van der Waals surface area contributed by atoms with Gasteiger partial charge in [-0.3, -0.25) is 9.05 Å². The summed E-state index contributed by atoms with van der Waals surface area (Å²) in [4.78, 5) is 0. The molecule has 0 N–H and O–H groups in total. The van der Waals surface area contributed by atoms with Crippen LogP contribution in [0.1, 0.15) is 62.6 Å².